The van der Waals surface area contributed by atoms with Crippen molar-refractivity contribution in [1.82, 2.24) is 9.38 Å². The van der Waals surface area contributed by atoms with Gasteiger partial charge in [-0.25, -0.2) is 9.37 Å². The zero-order valence-corrected chi connectivity index (χ0v) is 12.0. The van der Waals surface area contributed by atoms with E-state index < -0.39 is 0 Å². The first-order valence-electron chi connectivity index (χ1n) is 6.46. The first kappa shape index (κ1) is 13.1. The average molecular weight is 289 g/mol. The van der Waals surface area contributed by atoms with Gasteiger partial charge in [0.05, 0.1) is 16.8 Å². The molecule has 1 unspecified atom stereocenters. The highest BCUT2D eigenvalue weighted by Crippen LogP contribution is 2.32. The van der Waals surface area contributed by atoms with Crippen LogP contribution in [0.1, 0.15) is 23.7 Å². The number of alkyl halides is 1. The molecule has 3 aromatic rings. The lowest BCUT2D eigenvalue weighted by Crippen LogP contribution is -1.98. The lowest BCUT2D eigenvalue weighted by molar-refractivity contribution is 0.628. The van der Waals surface area contributed by atoms with Crippen LogP contribution in [0.5, 0.6) is 0 Å². The Morgan fingerprint density at radius 2 is 1.85 bits per heavy atom. The van der Waals surface area contributed by atoms with Gasteiger partial charge in [0.1, 0.15) is 11.5 Å². The van der Waals surface area contributed by atoms with Gasteiger partial charge in [0.25, 0.3) is 0 Å². The van der Waals surface area contributed by atoms with Crippen LogP contribution in [0.15, 0.2) is 42.5 Å². The molecule has 0 aliphatic carbocycles. The van der Waals surface area contributed by atoms with Gasteiger partial charge in [-0.2, -0.15) is 0 Å². The molecule has 0 saturated carbocycles. The van der Waals surface area contributed by atoms with Gasteiger partial charge in [-0.05, 0) is 50.2 Å². The summed E-state index contributed by atoms with van der Waals surface area (Å²) in [6.07, 6.45) is 0. The van der Waals surface area contributed by atoms with E-state index in [0.717, 1.165) is 28.3 Å². The molecule has 20 heavy (non-hydrogen) atoms. The van der Waals surface area contributed by atoms with E-state index in [1.807, 2.05) is 32.0 Å². The smallest absolute Gasteiger partial charge is 0.137 e. The van der Waals surface area contributed by atoms with E-state index in [1.165, 1.54) is 12.1 Å². The Kier molecular flexibility index (Phi) is 3.22. The summed E-state index contributed by atoms with van der Waals surface area (Å²) in [7, 11) is 0. The fourth-order valence-electron chi connectivity index (χ4n) is 2.47. The van der Waals surface area contributed by atoms with Crippen LogP contribution in [0.2, 0.25) is 0 Å². The highest BCUT2D eigenvalue weighted by Gasteiger charge is 2.18. The minimum atomic E-state index is -0.255. The molecule has 0 aliphatic heterocycles. The first-order valence-corrected chi connectivity index (χ1v) is 6.89. The van der Waals surface area contributed by atoms with E-state index in [-0.39, 0.29) is 11.2 Å². The van der Waals surface area contributed by atoms with E-state index in [4.69, 9.17) is 11.6 Å². The van der Waals surface area contributed by atoms with Crippen molar-refractivity contribution >= 4 is 17.2 Å². The number of pyridine rings is 1. The number of rotatable bonds is 2. The number of hydrogen-bond donors (Lipinski definition) is 0. The Bertz CT molecular complexity index is 760. The molecule has 2 heterocycles. The van der Waals surface area contributed by atoms with Crippen molar-refractivity contribution in [2.24, 2.45) is 0 Å². The van der Waals surface area contributed by atoms with E-state index in [0.29, 0.717) is 0 Å². The molecule has 0 bridgehead atoms. The number of aromatic nitrogens is 2. The number of nitrogens with zero attached hydrogens (tertiary/aromatic N) is 2. The molecule has 0 saturated heterocycles. The first-order chi connectivity index (χ1) is 9.58. The number of halogens is 2. The van der Waals surface area contributed by atoms with Crippen LogP contribution in [0.25, 0.3) is 16.9 Å². The molecule has 1 atom stereocenters. The van der Waals surface area contributed by atoms with Gasteiger partial charge < -0.3 is 0 Å². The number of hydrogen-bond acceptors (Lipinski definition) is 1. The predicted molar refractivity (Wildman–Crippen MR) is 79.6 cm³/mol. The molecule has 0 fully saturated rings. The van der Waals surface area contributed by atoms with E-state index in [1.54, 1.807) is 12.1 Å². The number of imidazole rings is 1. The zero-order valence-electron chi connectivity index (χ0n) is 11.3. The second-order valence-corrected chi connectivity index (χ2v) is 5.48. The van der Waals surface area contributed by atoms with Crippen LogP contribution in [0, 0.1) is 12.7 Å². The van der Waals surface area contributed by atoms with Crippen LogP contribution in [0.3, 0.4) is 0 Å². The largest absolute Gasteiger partial charge is 0.299 e. The minimum Gasteiger partial charge on any atom is -0.299 e. The summed E-state index contributed by atoms with van der Waals surface area (Å²) >= 11 is 6.35. The maximum Gasteiger partial charge on any atom is 0.137 e. The summed E-state index contributed by atoms with van der Waals surface area (Å²) in [6, 6.07) is 12.3. The molecular formula is C16H14ClFN2. The quantitative estimate of drug-likeness (QED) is 0.622. The van der Waals surface area contributed by atoms with E-state index >= 15 is 0 Å². The monoisotopic (exact) mass is 288 g/mol. The van der Waals surface area contributed by atoms with Crippen LogP contribution in [-0.2, 0) is 0 Å². The van der Waals surface area contributed by atoms with Gasteiger partial charge in [-0.1, -0.05) is 6.07 Å². The third-order valence-corrected chi connectivity index (χ3v) is 3.58. The Morgan fingerprint density at radius 3 is 2.50 bits per heavy atom. The molecule has 1 aromatic carbocycles. The van der Waals surface area contributed by atoms with E-state index in [2.05, 4.69) is 9.38 Å². The Balaban J connectivity index is 2.32. The maximum atomic E-state index is 13.1. The second-order valence-electron chi connectivity index (χ2n) is 4.83. The maximum absolute atomic E-state index is 13.1. The second kappa shape index (κ2) is 4.91. The van der Waals surface area contributed by atoms with Gasteiger partial charge in [0, 0.05) is 11.3 Å². The molecule has 2 aromatic heterocycles. The summed E-state index contributed by atoms with van der Waals surface area (Å²) in [5.74, 6) is -0.255. The molecule has 102 valence electrons. The van der Waals surface area contributed by atoms with Gasteiger partial charge in [-0.15, -0.1) is 11.6 Å². The van der Waals surface area contributed by atoms with Crippen molar-refractivity contribution in [3.63, 3.8) is 0 Å². The van der Waals surface area contributed by atoms with Crippen molar-refractivity contribution in [2.45, 2.75) is 19.2 Å². The summed E-state index contributed by atoms with van der Waals surface area (Å²) in [4.78, 5) is 4.65. The summed E-state index contributed by atoms with van der Waals surface area (Å²) in [5.41, 5.74) is 4.54. The van der Waals surface area contributed by atoms with Crippen LogP contribution in [-0.4, -0.2) is 9.38 Å². The van der Waals surface area contributed by atoms with Crippen LogP contribution < -0.4 is 0 Å². The zero-order chi connectivity index (χ0) is 14.3. The third kappa shape index (κ3) is 2.08. The lowest BCUT2D eigenvalue weighted by atomic mass is 10.1. The molecular weight excluding hydrogens is 275 g/mol. The number of aryl methyl sites for hydroxylation is 1. The molecule has 0 aliphatic rings. The fraction of sp³-hybridized carbons (Fsp3) is 0.188. The number of fused-ring (bicyclic) bond motifs is 1. The van der Waals surface area contributed by atoms with Crippen molar-refractivity contribution in [3.8, 4) is 11.3 Å². The predicted octanol–water partition coefficient (Wildman–Crippen LogP) is 4.75. The summed E-state index contributed by atoms with van der Waals surface area (Å²) in [5, 5.41) is -0.189. The summed E-state index contributed by atoms with van der Waals surface area (Å²) < 4.78 is 15.1. The van der Waals surface area contributed by atoms with Crippen molar-refractivity contribution in [3.05, 3.63) is 59.7 Å². The van der Waals surface area contributed by atoms with Crippen molar-refractivity contribution in [2.75, 3.05) is 0 Å². The normalized spacial score (nSPS) is 12.8. The Morgan fingerprint density at radius 1 is 1.15 bits per heavy atom. The van der Waals surface area contributed by atoms with Gasteiger partial charge >= 0.3 is 0 Å². The third-order valence-electron chi connectivity index (χ3n) is 3.37. The topological polar surface area (TPSA) is 17.3 Å². The molecule has 3 rings (SSSR count). The molecule has 0 amide bonds. The Hall–Kier alpha value is -1.87. The van der Waals surface area contributed by atoms with Crippen molar-refractivity contribution in [1.29, 1.82) is 0 Å². The lowest BCUT2D eigenvalue weighted by Gasteiger charge is -2.09. The van der Waals surface area contributed by atoms with Crippen LogP contribution >= 0.6 is 11.6 Å². The van der Waals surface area contributed by atoms with Crippen LogP contribution in [0.4, 0.5) is 4.39 Å². The van der Waals surface area contributed by atoms with Gasteiger partial charge in [0.2, 0.25) is 0 Å². The van der Waals surface area contributed by atoms with Crippen molar-refractivity contribution < 1.29 is 4.39 Å². The molecule has 0 N–H and O–H groups in total. The molecule has 4 heteroatoms. The fourth-order valence-corrected chi connectivity index (χ4v) is 2.67. The van der Waals surface area contributed by atoms with Gasteiger partial charge in [-0.3, -0.25) is 4.40 Å². The van der Waals surface area contributed by atoms with E-state index in [9.17, 15) is 4.39 Å². The number of benzene rings is 1. The highest BCUT2D eigenvalue weighted by molar-refractivity contribution is 6.20. The molecule has 2 nitrogen and oxygen atoms in total. The SMILES string of the molecule is Cc1cccc2nc(-c3ccc(F)cc3)c(C(C)Cl)n12. The molecule has 0 spiro atoms. The standard InChI is InChI=1S/C16H14ClFN2/c1-10-4-3-5-14-19-15(16(11(2)17)20(10)14)12-6-8-13(18)9-7-12/h3-9,11H,1-2H3. The van der Waals surface area contributed by atoms with Gasteiger partial charge in [0.15, 0.2) is 0 Å². The summed E-state index contributed by atoms with van der Waals surface area (Å²) in [6.45, 7) is 3.94. The Labute approximate surface area is 121 Å². The minimum absolute atomic E-state index is 0.189. The molecule has 0 radical (unpaired) electrons. The average Bonchev–Trinajstić information content (AvgIpc) is 2.80. The highest BCUT2D eigenvalue weighted by atomic mass is 35.5.